The minimum Gasteiger partial charge on any atom is -0.424 e. The molecule has 0 amide bonds. The molecule has 0 atom stereocenters. The maximum Gasteiger partial charge on any atom is 0.480 e. The molecule has 0 aliphatic rings. The van der Waals surface area contributed by atoms with E-state index in [1.54, 1.807) is 6.08 Å². The molecule has 2 N–H and O–H groups in total. The van der Waals surface area contributed by atoms with Gasteiger partial charge in [0.15, 0.2) is 0 Å². The summed E-state index contributed by atoms with van der Waals surface area (Å²) < 4.78 is 5.39. The summed E-state index contributed by atoms with van der Waals surface area (Å²) in [5, 5.41) is 17.0. The molecule has 0 fully saturated rings. The summed E-state index contributed by atoms with van der Waals surface area (Å²) in [6.07, 6.45) is 2.38. The van der Waals surface area contributed by atoms with Gasteiger partial charge in [-0.15, -0.1) is 0 Å². The fourth-order valence-electron chi connectivity index (χ4n) is 1.13. The molecule has 0 saturated heterocycles. The van der Waals surface area contributed by atoms with Gasteiger partial charge in [0.05, 0.1) is 13.2 Å². The summed E-state index contributed by atoms with van der Waals surface area (Å²) in [4.78, 5) is 0. The molecule has 4 heteroatoms. The predicted octanol–water partition coefficient (Wildman–Crippen LogP) is 1.16. The highest BCUT2D eigenvalue weighted by Gasteiger charge is 1.96. The molecule has 0 aliphatic carbocycles. The third-order valence-electron chi connectivity index (χ3n) is 1.85. The Bertz CT molecular complexity index is 285. The van der Waals surface area contributed by atoms with Crippen LogP contribution in [0.5, 0.6) is 0 Å². The lowest BCUT2D eigenvalue weighted by atomic mass is 9.91. The Hall–Kier alpha value is -1.10. The minimum absolute atomic E-state index is 0.581. The standard InChI is InChI=1S/C11H15BO3/c13-12(14)8-4-5-9-15-10-11-6-2-1-3-7-11/h1-4,6-8,13-14H,5,9-10H2/b8-4+. The number of ether oxygens (including phenoxy) is 1. The lowest BCUT2D eigenvalue weighted by Gasteiger charge is -2.01. The monoisotopic (exact) mass is 206 g/mol. The average molecular weight is 206 g/mol. The Labute approximate surface area is 90.2 Å². The van der Waals surface area contributed by atoms with Crippen LogP contribution in [0.15, 0.2) is 42.4 Å². The highest BCUT2D eigenvalue weighted by molar-refractivity contribution is 6.47. The van der Waals surface area contributed by atoms with Gasteiger partial charge in [-0.1, -0.05) is 42.4 Å². The summed E-state index contributed by atoms with van der Waals surface area (Å²) in [5.74, 6) is 1.33. The first kappa shape index (κ1) is 12.0. The second-order valence-electron chi connectivity index (χ2n) is 3.17. The maximum atomic E-state index is 8.51. The molecule has 0 unspecified atom stereocenters. The van der Waals surface area contributed by atoms with Gasteiger partial charge in [0, 0.05) is 0 Å². The maximum absolute atomic E-state index is 8.51. The molecule has 0 saturated carbocycles. The molecule has 0 bridgehead atoms. The van der Waals surface area contributed by atoms with Crippen molar-refractivity contribution in [3.05, 3.63) is 47.9 Å². The van der Waals surface area contributed by atoms with Gasteiger partial charge in [0.2, 0.25) is 0 Å². The summed E-state index contributed by atoms with van der Waals surface area (Å²) in [5.41, 5.74) is 1.14. The Morgan fingerprint density at radius 2 is 1.93 bits per heavy atom. The first-order valence-corrected chi connectivity index (χ1v) is 4.93. The van der Waals surface area contributed by atoms with Crippen LogP contribution < -0.4 is 0 Å². The van der Waals surface area contributed by atoms with E-state index in [-0.39, 0.29) is 0 Å². The molecular formula is C11H15BO3. The van der Waals surface area contributed by atoms with E-state index < -0.39 is 7.12 Å². The van der Waals surface area contributed by atoms with Crippen LogP contribution in [0.2, 0.25) is 0 Å². The Kier molecular flexibility index (Phi) is 5.77. The molecule has 15 heavy (non-hydrogen) atoms. The first-order valence-electron chi connectivity index (χ1n) is 4.93. The van der Waals surface area contributed by atoms with Crippen molar-refractivity contribution in [2.24, 2.45) is 0 Å². The zero-order valence-corrected chi connectivity index (χ0v) is 8.54. The molecule has 1 aromatic rings. The van der Waals surface area contributed by atoms with Crippen LogP contribution in [0.1, 0.15) is 12.0 Å². The van der Waals surface area contributed by atoms with Gasteiger partial charge >= 0.3 is 7.12 Å². The predicted molar refractivity (Wildman–Crippen MR) is 60.0 cm³/mol. The van der Waals surface area contributed by atoms with E-state index in [9.17, 15) is 0 Å². The fraction of sp³-hybridized carbons (Fsp3) is 0.273. The number of benzene rings is 1. The van der Waals surface area contributed by atoms with E-state index in [2.05, 4.69) is 0 Å². The SMILES string of the molecule is OB(O)/C=C/CCOCc1ccccc1. The van der Waals surface area contributed by atoms with Crippen molar-refractivity contribution >= 4 is 7.12 Å². The molecule has 0 aliphatic heterocycles. The topological polar surface area (TPSA) is 49.7 Å². The normalized spacial score (nSPS) is 10.8. The number of hydrogen-bond donors (Lipinski definition) is 2. The van der Waals surface area contributed by atoms with Crippen LogP contribution in [-0.2, 0) is 11.3 Å². The summed E-state index contributed by atoms with van der Waals surface area (Å²) in [6.45, 7) is 1.18. The van der Waals surface area contributed by atoms with Gasteiger partial charge in [-0.05, 0) is 12.0 Å². The van der Waals surface area contributed by atoms with Crippen LogP contribution in [0, 0.1) is 0 Å². The van der Waals surface area contributed by atoms with Gasteiger partial charge in [-0.25, -0.2) is 0 Å². The molecule has 1 rings (SSSR count). The fourth-order valence-corrected chi connectivity index (χ4v) is 1.13. The van der Waals surface area contributed by atoms with Crippen LogP contribution in [0.3, 0.4) is 0 Å². The molecule has 3 nitrogen and oxygen atoms in total. The highest BCUT2D eigenvalue weighted by atomic mass is 16.5. The van der Waals surface area contributed by atoms with E-state index in [1.165, 1.54) is 5.98 Å². The van der Waals surface area contributed by atoms with Gasteiger partial charge in [-0.3, -0.25) is 0 Å². The van der Waals surface area contributed by atoms with Crippen LogP contribution in [0.25, 0.3) is 0 Å². The van der Waals surface area contributed by atoms with E-state index in [0.717, 1.165) is 5.56 Å². The number of hydrogen-bond acceptors (Lipinski definition) is 3. The average Bonchev–Trinajstić information content (AvgIpc) is 2.24. The smallest absolute Gasteiger partial charge is 0.424 e. The van der Waals surface area contributed by atoms with Crippen molar-refractivity contribution in [3.8, 4) is 0 Å². The van der Waals surface area contributed by atoms with E-state index in [1.807, 2.05) is 30.3 Å². The van der Waals surface area contributed by atoms with Crippen molar-refractivity contribution in [1.29, 1.82) is 0 Å². The van der Waals surface area contributed by atoms with Crippen LogP contribution in [0.4, 0.5) is 0 Å². The van der Waals surface area contributed by atoms with Crippen molar-refractivity contribution in [1.82, 2.24) is 0 Å². The van der Waals surface area contributed by atoms with Crippen molar-refractivity contribution in [2.45, 2.75) is 13.0 Å². The van der Waals surface area contributed by atoms with Gasteiger partial charge < -0.3 is 14.8 Å². The molecule has 0 heterocycles. The molecular weight excluding hydrogens is 191 g/mol. The van der Waals surface area contributed by atoms with Crippen molar-refractivity contribution < 1.29 is 14.8 Å². The number of rotatable bonds is 6. The second kappa shape index (κ2) is 7.23. The first-order chi connectivity index (χ1) is 7.29. The van der Waals surface area contributed by atoms with Crippen LogP contribution >= 0.6 is 0 Å². The zero-order chi connectivity index (χ0) is 10.9. The third-order valence-corrected chi connectivity index (χ3v) is 1.85. The lowest BCUT2D eigenvalue weighted by Crippen LogP contribution is -2.05. The van der Waals surface area contributed by atoms with Gasteiger partial charge in [0.1, 0.15) is 0 Å². The Balaban J connectivity index is 2.07. The van der Waals surface area contributed by atoms with Crippen molar-refractivity contribution in [2.75, 3.05) is 6.61 Å². The molecule has 1 aromatic carbocycles. The summed E-state index contributed by atoms with van der Waals surface area (Å²) in [7, 11) is -1.36. The largest absolute Gasteiger partial charge is 0.480 e. The quantitative estimate of drug-likeness (QED) is 0.542. The van der Waals surface area contributed by atoms with Crippen LogP contribution in [-0.4, -0.2) is 23.8 Å². The van der Waals surface area contributed by atoms with Gasteiger partial charge in [0.25, 0.3) is 0 Å². The summed E-state index contributed by atoms with van der Waals surface area (Å²) >= 11 is 0. The van der Waals surface area contributed by atoms with E-state index >= 15 is 0 Å². The molecule has 80 valence electrons. The zero-order valence-electron chi connectivity index (χ0n) is 8.54. The molecule has 0 aromatic heterocycles. The van der Waals surface area contributed by atoms with E-state index in [4.69, 9.17) is 14.8 Å². The van der Waals surface area contributed by atoms with E-state index in [0.29, 0.717) is 19.6 Å². The summed E-state index contributed by atoms with van der Waals surface area (Å²) in [6, 6.07) is 9.93. The Morgan fingerprint density at radius 1 is 1.20 bits per heavy atom. The third kappa shape index (κ3) is 6.07. The Morgan fingerprint density at radius 3 is 2.60 bits per heavy atom. The van der Waals surface area contributed by atoms with Crippen molar-refractivity contribution in [3.63, 3.8) is 0 Å². The lowest BCUT2D eigenvalue weighted by molar-refractivity contribution is 0.125. The highest BCUT2D eigenvalue weighted by Crippen LogP contribution is 2.00. The molecule has 0 radical (unpaired) electrons. The molecule has 0 spiro atoms. The van der Waals surface area contributed by atoms with Gasteiger partial charge in [-0.2, -0.15) is 0 Å². The second-order valence-corrected chi connectivity index (χ2v) is 3.17. The minimum atomic E-state index is -1.36.